The molecular weight excluding hydrogens is 406 g/mol. The van der Waals surface area contributed by atoms with E-state index in [2.05, 4.69) is 97.1 Å². The first-order valence-electron chi connectivity index (χ1n) is 9.95. The first-order valence-corrected chi connectivity index (χ1v) is 12.5. The zero-order valence-electron chi connectivity index (χ0n) is 16.8. The van der Waals surface area contributed by atoms with Crippen LogP contribution < -0.4 is 21.2 Å². The molecule has 0 saturated heterocycles. The van der Waals surface area contributed by atoms with E-state index >= 15 is 0 Å². The van der Waals surface area contributed by atoms with Gasteiger partial charge < -0.3 is 9.05 Å². The van der Waals surface area contributed by atoms with Crippen molar-refractivity contribution in [1.29, 1.82) is 0 Å². The Balaban J connectivity index is 1.59. The molecule has 0 aliphatic heterocycles. The maximum atomic E-state index is 6.55. The van der Waals surface area contributed by atoms with Crippen LogP contribution >= 0.6 is 16.3 Å². The number of hydrogen-bond donors (Lipinski definition) is 0. The number of rotatable bonds is 8. The minimum absolute atomic E-state index is 0.358. The molecule has 30 heavy (non-hydrogen) atoms. The summed E-state index contributed by atoms with van der Waals surface area (Å²) < 4.78 is 13.1. The molecule has 0 unspecified atom stereocenters. The SMILES string of the molecule is CC(OP(c1ccccc1)c1ccccc1)OP(c1ccccc1)c1ccccc1. The average molecular weight is 430 g/mol. The Morgan fingerprint density at radius 2 is 0.667 bits per heavy atom. The number of hydrogen-bond acceptors (Lipinski definition) is 2. The average Bonchev–Trinajstić information content (AvgIpc) is 2.83. The Morgan fingerprint density at radius 1 is 0.433 bits per heavy atom. The molecular formula is C26H24O2P2. The largest absolute Gasteiger partial charge is 0.320 e. The van der Waals surface area contributed by atoms with Gasteiger partial charge in [-0.25, -0.2) is 0 Å². The number of benzene rings is 4. The molecule has 0 saturated carbocycles. The highest BCUT2D eigenvalue weighted by Gasteiger charge is 2.23. The van der Waals surface area contributed by atoms with Crippen molar-refractivity contribution in [2.45, 2.75) is 13.2 Å². The predicted molar refractivity (Wildman–Crippen MR) is 130 cm³/mol. The molecule has 0 amide bonds. The first kappa shape index (κ1) is 20.9. The van der Waals surface area contributed by atoms with E-state index in [4.69, 9.17) is 9.05 Å². The highest BCUT2D eigenvalue weighted by atomic mass is 31.1. The Bertz CT molecular complexity index is 848. The van der Waals surface area contributed by atoms with Gasteiger partial charge in [-0.2, -0.15) is 0 Å². The van der Waals surface area contributed by atoms with Crippen LogP contribution in [0.3, 0.4) is 0 Å². The van der Waals surface area contributed by atoms with Crippen LogP contribution in [0.25, 0.3) is 0 Å². The summed E-state index contributed by atoms with van der Waals surface area (Å²) >= 11 is 0. The lowest BCUT2D eigenvalue weighted by Gasteiger charge is -2.27. The summed E-state index contributed by atoms with van der Waals surface area (Å²) in [5.41, 5.74) is 0. The van der Waals surface area contributed by atoms with Crippen LogP contribution in [0, 0.1) is 0 Å². The summed E-state index contributed by atoms with van der Waals surface area (Å²) in [6.45, 7) is 2.00. The van der Waals surface area contributed by atoms with Crippen molar-refractivity contribution in [3.63, 3.8) is 0 Å². The topological polar surface area (TPSA) is 18.5 Å². The van der Waals surface area contributed by atoms with Gasteiger partial charge >= 0.3 is 0 Å². The maximum absolute atomic E-state index is 6.55. The third-order valence-electron chi connectivity index (χ3n) is 4.47. The van der Waals surface area contributed by atoms with Crippen molar-refractivity contribution < 1.29 is 9.05 Å². The van der Waals surface area contributed by atoms with Crippen molar-refractivity contribution in [3.05, 3.63) is 121 Å². The quantitative estimate of drug-likeness (QED) is 0.273. The van der Waals surface area contributed by atoms with Gasteiger partial charge in [0.05, 0.1) is 16.3 Å². The highest BCUT2D eigenvalue weighted by molar-refractivity contribution is 7.69. The summed E-state index contributed by atoms with van der Waals surface area (Å²) in [6, 6.07) is 41.6. The van der Waals surface area contributed by atoms with Crippen molar-refractivity contribution in [2.24, 2.45) is 0 Å². The summed E-state index contributed by atoms with van der Waals surface area (Å²) in [5, 5.41) is 4.71. The summed E-state index contributed by atoms with van der Waals surface area (Å²) in [6.07, 6.45) is -0.358. The van der Waals surface area contributed by atoms with E-state index in [9.17, 15) is 0 Å². The van der Waals surface area contributed by atoms with Crippen LogP contribution in [-0.4, -0.2) is 6.29 Å². The molecule has 0 N–H and O–H groups in total. The van der Waals surface area contributed by atoms with Crippen molar-refractivity contribution >= 4 is 37.5 Å². The molecule has 4 heteroatoms. The zero-order valence-corrected chi connectivity index (χ0v) is 18.6. The second-order valence-electron chi connectivity index (χ2n) is 6.71. The molecule has 0 atom stereocenters. The fourth-order valence-corrected chi connectivity index (χ4v) is 6.71. The Hall–Kier alpha value is -2.34. The van der Waals surface area contributed by atoms with E-state index in [1.165, 1.54) is 21.2 Å². The molecule has 0 aromatic heterocycles. The van der Waals surface area contributed by atoms with Gasteiger partial charge in [0, 0.05) is 21.2 Å². The molecule has 4 rings (SSSR count). The standard InChI is InChI=1S/C26H24O2P2/c1-22(27-29(23-14-6-2-7-15-23)24-16-8-3-9-17-24)28-30(25-18-10-4-11-19-25)26-20-12-5-13-21-26/h2-22H,1H3. The van der Waals surface area contributed by atoms with Gasteiger partial charge in [-0.3, -0.25) is 0 Å². The maximum Gasteiger partial charge on any atom is 0.164 e. The molecule has 4 aromatic carbocycles. The zero-order chi connectivity index (χ0) is 20.6. The minimum Gasteiger partial charge on any atom is -0.320 e. The molecule has 0 aliphatic rings. The second-order valence-corrected chi connectivity index (χ2v) is 10.4. The lowest BCUT2D eigenvalue weighted by atomic mass is 10.4. The third-order valence-corrected chi connectivity index (χ3v) is 8.55. The molecule has 2 nitrogen and oxygen atoms in total. The van der Waals surface area contributed by atoms with Crippen molar-refractivity contribution in [1.82, 2.24) is 0 Å². The molecule has 0 fully saturated rings. The van der Waals surface area contributed by atoms with Gasteiger partial charge in [0.2, 0.25) is 0 Å². The fourth-order valence-electron chi connectivity index (χ4n) is 3.11. The minimum atomic E-state index is -0.973. The van der Waals surface area contributed by atoms with Crippen LogP contribution in [0.5, 0.6) is 0 Å². The van der Waals surface area contributed by atoms with Crippen LogP contribution in [0.4, 0.5) is 0 Å². The second kappa shape index (κ2) is 10.6. The highest BCUT2D eigenvalue weighted by Crippen LogP contribution is 2.42. The van der Waals surface area contributed by atoms with E-state index in [-0.39, 0.29) is 6.29 Å². The summed E-state index contributed by atoms with van der Waals surface area (Å²) in [4.78, 5) is 0. The van der Waals surface area contributed by atoms with E-state index in [0.717, 1.165) is 0 Å². The van der Waals surface area contributed by atoms with E-state index < -0.39 is 16.3 Å². The van der Waals surface area contributed by atoms with Crippen LogP contribution in [0.2, 0.25) is 0 Å². The molecule has 0 aliphatic carbocycles. The van der Waals surface area contributed by atoms with Gasteiger partial charge in [0.1, 0.15) is 0 Å². The van der Waals surface area contributed by atoms with Crippen LogP contribution in [0.1, 0.15) is 6.92 Å². The molecule has 0 radical (unpaired) electrons. The van der Waals surface area contributed by atoms with Gasteiger partial charge in [-0.1, -0.05) is 121 Å². The third kappa shape index (κ3) is 5.42. The van der Waals surface area contributed by atoms with Gasteiger partial charge in [0.15, 0.2) is 6.29 Å². The van der Waals surface area contributed by atoms with Crippen molar-refractivity contribution in [2.75, 3.05) is 0 Å². The fraction of sp³-hybridized carbons (Fsp3) is 0.0769. The van der Waals surface area contributed by atoms with Crippen LogP contribution in [0.15, 0.2) is 121 Å². The van der Waals surface area contributed by atoms with Crippen LogP contribution in [-0.2, 0) is 9.05 Å². The molecule has 0 bridgehead atoms. The normalized spacial score (nSPS) is 11.3. The van der Waals surface area contributed by atoms with Gasteiger partial charge in [0.25, 0.3) is 0 Å². The van der Waals surface area contributed by atoms with Gasteiger partial charge in [-0.05, 0) is 6.92 Å². The summed E-state index contributed by atoms with van der Waals surface area (Å²) in [5.74, 6) is 0. The van der Waals surface area contributed by atoms with E-state index in [0.29, 0.717) is 0 Å². The first-order chi connectivity index (χ1) is 14.8. The summed E-state index contributed by atoms with van der Waals surface area (Å²) in [7, 11) is -1.95. The van der Waals surface area contributed by atoms with Crippen molar-refractivity contribution in [3.8, 4) is 0 Å². The molecule has 0 spiro atoms. The molecule has 150 valence electrons. The molecule has 0 heterocycles. The lowest BCUT2D eigenvalue weighted by Crippen LogP contribution is -2.22. The Morgan fingerprint density at radius 3 is 0.900 bits per heavy atom. The van der Waals surface area contributed by atoms with E-state index in [1.54, 1.807) is 0 Å². The smallest absolute Gasteiger partial charge is 0.164 e. The lowest BCUT2D eigenvalue weighted by molar-refractivity contribution is 0.0489. The molecule has 4 aromatic rings. The Kier molecular flexibility index (Phi) is 7.40. The monoisotopic (exact) mass is 430 g/mol. The van der Waals surface area contributed by atoms with E-state index in [1.807, 2.05) is 31.2 Å². The van der Waals surface area contributed by atoms with Gasteiger partial charge in [-0.15, -0.1) is 0 Å². The predicted octanol–water partition coefficient (Wildman–Crippen LogP) is 5.46. The Labute approximate surface area is 181 Å².